The van der Waals surface area contributed by atoms with Gasteiger partial charge in [0.1, 0.15) is 12.4 Å². The number of amides is 1. The number of ether oxygens (including phenoxy) is 1. The normalized spacial score (nSPS) is 13.6. The number of hydrogen-bond acceptors (Lipinski definition) is 2. The lowest BCUT2D eigenvalue weighted by atomic mass is 10.1. The topological polar surface area (TPSA) is 29.5 Å². The minimum absolute atomic E-state index is 0.0135. The fraction of sp³-hybridized carbons (Fsp3) is 0.188. The van der Waals surface area contributed by atoms with Crippen LogP contribution in [-0.2, 0) is 0 Å². The lowest BCUT2D eigenvalue weighted by Gasteiger charge is -2.30. The maximum atomic E-state index is 12.8. The van der Waals surface area contributed by atoms with Crippen molar-refractivity contribution in [3.8, 4) is 5.75 Å². The third-order valence-corrected chi connectivity index (χ3v) is 3.90. The number of aryl methyl sites for hydroxylation is 1. The number of hydrogen-bond donors (Lipinski definition) is 0. The lowest BCUT2D eigenvalue weighted by Crippen LogP contribution is -2.38. The van der Waals surface area contributed by atoms with Gasteiger partial charge in [0.2, 0.25) is 0 Å². The molecule has 0 radical (unpaired) electrons. The molecule has 2 aromatic carbocycles. The Kier molecular flexibility index (Phi) is 3.49. The minimum atomic E-state index is 0.0135. The van der Waals surface area contributed by atoms with Crippen LogP contribution >= 0.6 is 15.9 Å². The molecule has 4 heteroatoms. The molecule has 2 aromatic rings. The van der Waals surface area contributed by atoms with E-state index < -0.39 is 0 Å². The molecule has 1 amide bonds. The van der Waals surface area contributed by atoms with Crippen molar-refractivity contribution in [2.75, 3.05) is 18.1 Å². The van der Waals surface area contributed by atoms with Gasteiger partial charge in [0.05, 0.1) is 12.2 Å². The molecule has 102 valence electrons. The van der Waals surface area contributed by atoms with E-state index in [2.05, 4.69) is 15.9 Å². The maximum Gasteiger partial charge on any atom is 0.258 e. The summed E-state index contributed by atoms with van der Waals surface area (Å²) in [7, 11) is 0. The average molecular weight is 332 g/mol. The molecular formula is C16H14BrNO2. The Hall–Kier alpha value is -1.81. The molecule has 1 heterocycles. The van der Waals surface area contributed by atoms with E-state index in [1.54, 1.807) is 4.90 Å². The number of benzene rings is 2. The maximum absolute atomic E-state index is 12.8. The molecule has 1 aliphatic heterocycles. The standard InChI is InChI=1S/C16H14BrNO2/c1-11-6-7-12(17)10-13(11)16(19)18-8-9-20-15-5-3-2-4-14(15)18/h2-7,10H,8-9H2,1H3. The number of para-hydroxylation sites is 2. The molecular weight excluding hydrogens is 318 g/mol. The summed E-state index contributed by atoms with van der Waals surface area (Å²) in [6.45, 7) is 3.05. The molecule has 0 aromatic heterocycles. The number of nitrogens with zero attached hydrogens (tertiary/aromatic N) is 1. The molecule has 0 saturated carbocycles. The Morgan fingerprint density at radius 2 is 2.05 bits per heavy atom. The molecule has 0 bridgehead atoms. The Labute approximate surface area is 126 Å². The molecule has 0 atom stereocenters. The SMILES string of the molecule is Cc1ccc(Br)cc1C(=O)N1CCOc2ccccc21. The Morgan fingerprint density at radius 1 is 1.25 bits per heavy atom. The van der Waals surface area contributed by atoms with E-state index in [-0.39, 0.29) is 5.91 Å². The summed E-state index contributed by atoms with van der Waals surface area (Å²) in [5.74, 6) is 0.777. The number of carbonyl (C=O) groups excluding carboxylic acids is 1. The van der Waals surface area contributed by atoms with E-state index in [1.165, 1.54) is 0 Å². The molecule has 0 fully saturated rings. The third kappa shape index (κ3) is 2.31. The Bertz CT molecular complexity index is 669. The zero-order chi connectivity index (χ0) is 14.1. The van der Waals surface area contributed by atoms with Gasteiger partial charge in [-0.2, -0.15) is 0 Å². The zero-order valence-electron chi connectivity index (χ0n) is 11.1. The first-order valence-electron chi connectivity index (χ1n) is 6.46. The molecule has 1 aliphatic rings. The summed E-state index contributed by atoms with van der Waals surface area (Å²) >= 11 is 3.42. The predicted molar refractivity (Wildman–Crippen MR) is 82.5 cm³/mol. The van der Waals surface area contributed by atoms with Gasteiger partial charge in [0.15, 0.2) is 0 Å². The van der Waals surface area contributed by atoms with E-state index in [9.17, 15) is 4.79 Å². The molecule has 20 heavy (non-hydrogen) atoms. The van der Waals surface area contributed by atoms with Gasteiger partial charge in [-0.15, -0.1) is 0 Å². The third-order valence-electron chi connectivity index (χ3n) is 3.40. The van der Waals surface area contributed by atoms with Gasteiger partial charge in [0, 0.05) is 10.0 Å². The van der Waals surface area contributed by atoms with Crippen molar-refractivity contribution in [3.05, 3.63) is 58.1 Å². The van der Waals surface area contributed by atoms with Crippen LogP contribution in [0.5, 0.6) is 5.75 Å². The fourth-order valence-electron chi connectivity index (χ4n) is 2.35. The van der Waals surface area contributed by atoms with Crippen LogP contribution in [0, 0.1) is 6.92 Å². The van der Waals surface area contributed by atoms with Gasteiger partial charge < -0.3 is 9.64 Å². The van der Waals surface area contributed by atoms with Crippen molar-refractivity contribution in [2.24, 2.45) is 0 Å². The van der Waals surface area contributed by atoms with E-state index in [4.69, 9.17) is 4.74 Å². The van der Waals surface area contributed by atoms with Gasteiger partial charge in [-0.25, -0.2) is 0 Å². The highest BCUT2D eigenvalue weighted by atomic mass is 79.9. The van der Waals surface area contributed by atoms with E-state index in [0.29, 0.717) is 13.2 Å². The smallest absolute Gasteiger partial charge is 0.258 e. The minimum Gasteiger partial charge on any atom is -0.490 e. The lowest BCUT2D eigenvalue weighted by molar-refractivity contribution is 0.0976. The monoisotopic (exact) mass is 331 g/mol. The fourth-order valence-corrected chi connectivity index (χ4v) is 2.71. The van der Waals surface area contributed by atoms with Crippen LogP contribution in [0.25, 0.3) is 0 Å². The number of anilines is 1. The van der Waals surface area contributed by atoms with Crippen molar-refractivity contribution < 1.29 is 9.53 Å². The summed E-state index contributed by atoms with van der Waals surface area (Å²) in [6.07, 6.45) is 0. The highest BCUT2D eigenvalue weighted by Gasteiger charge is 2.25. The highest BCUT2D eigenvalue weighted by Crippen LogP contribution is 2.32. The number of rotatable bonds is 1. The van der Waals surface area contributed by atoms with Gasteiger partial charge in [0.25, 0.3) is 5.91 Å². The quantitative estimate of drug-likeness (QED) is 0.795. The first-order chi connectivity index (χ1) is 9.66. The molecule has 0 saturated heterocycles. The molecule has 0 spiro atoms. The summed E-state index contributed by atoms with van der Waals surface area (Å²) < 4.78 is 6.50. The van der Waals surface area contributed by atoms with E-state index in [1.807, 2.05) is 49.4 Å². The molecule has 0 aliphatic carbocycles. The average Bonchev–Trinajstić information content (AvgIpc) is 2.48. The molecule has 0 N–H and O–H groups in total. The van der Waals surface area contributed by atoms with Crippen LogP contribution in [0.15, 0.2) is 46.9 Å². The number of halogens is 1. The van der Waals surface area contributed by atoms with E-state index >= 15 is 0 Å². The van der Waals surface area contributed by atoms with Gasteiger partial charge in [-0.05, 0) is 36.8 Å². The zero-order valence-corrected chi connectivity index (χ0v) is 12.7. The van der Waals surface area contributed by atoms with Crippen LogP contribution in [0.1, 0.15) is 15.9 Å². The van der Waals surface area contributed by atoms with Crippen molar-refractivity contribution >= 4 is 27.5 Å². The summed E-state index contributed by atoms with van der Waals surface area (Å²) in [4.78, 5) is 14.6. The van der Waals surface area contributed by atoms with Gasteiger partial charge in [-0.3, -0.25) is 4.79 Å². The Balaban J connectivity index is 2.02. The first kappa shape index (κ1) is 13.2. The van der Waals surface area contributed by atoms with Crippen LogP contribution in [0.2, 0.25) is 0 Å². The van der Waals surface area contributed by atoms with Crippen LogP contribution in [0.3, 0.4) is 0 Å². The first-order valence-corrected chi connectivity index (χ1v) is 7.26. The second-order valence-corrected chi connectivity index (χ2v) is 5.65. The number of carbonyl (C=O) groups is 1. The van der Waals surface area contributed by atoms with Crippen LogP contribution < -0.4 is 9.64 Å². The molecule has 3 rings (SSSR count). The van der Waals surface area contributed by atoms with Crippen molar-refractivity contribution in [1.29, 1.82) is 0 Å². The van der Waals surface area contributed by atoms with E-state index in [0.717, 1.165) is 27.0 Å². The second-order valence-electron chi connectivity index (χ2n) is 4.73. The van der Waals surface area contributed by atoms with Crippen LogP contribution in [0.4, 0.5) is 5.69 Å². The van der Waals surface area contributed by atoms with Crippen molar-refractivity contribution in [3.63, 3.8) is 0 Å². The van der Waals surface area contributed by atoms with Gasteiger partial charge in [-0.1, -0.05) is 34.1 Å². The van der Waals surface area contributed by atoms with Crippen LogP contribution in [-0.4, -0.2) is 19.1 Å². The molecule has 0 unspecified atom stereocenters. The van der Waals surface area contributed by atoms with Crippen molar-refractivity contribution in [1.82, 2.24) is 0 Å². The largest absolute Gasteiger partial charge is 0.490 e. The number of fused-ring (bicyclic) bond motifs is 1. The van der Waals surface area contributed by atoms with Crippen molar-refractivity contribution in [2.45, 2.75) is 6.92 Å². The molecule has 3 nitrogen and oxygen atoms in total. The predicted octanol–water partition coefficient (Wildman–Crippen LogP) is 3.80. The van der Waals surface area contributed by atoms with Gasteiger partial charge >= 0.3 is 0 Å². The summed E-state index contributed by atoms with van der Waals surface area (Å²) in [5.41, 5.74) is 2.53. The summed E-state index contributed by atoms with van der Waals surface area (Å²) in [5, 5.41) is 0. The highest BCUT2D eigenvalue weighted by molar-refractivity contribution is 9.10. The summed E-state index contributed by atoms with van der Waals surface area (Å²) in [6, 6.07) is 13.4. The Morgan fingerprint density at radius 3 is 2.90 bits per heavy atom. The second kappa shape index (κ2) is 5.29.